The first-order valence-electron chi connectivity index (χ1n) is 7.62. The molecule has 112 valence electrons. The number of thioether (sulfide) groups is 1. The fraction of sp³-hybridized carbons (Fsp3) is 0.200. The monoisotopic (exact) mass is 308 g/mol. The molecule has 1 aromatic heterocycles. The summed E-state index contributed by atoms with van der Waals surface area (Å²) in [5, 5.41) is 0. The van der Waals surface area contributed by atoms with E-state index in [1.165, 1.54) is 16.7 Å². The topological polar surface area (TPSA) is 13.1 Å². The molecule has 2 aromatic carbocycles. The van der Waals surface area contributed by atoms with Gasteiger partial charge in [-0.2, -0.15) is 0 Å². The first-order valence-corrected chi connectivity index (χ1v) is 8.77. The summed E-state index contributed by atoms with van der Waals surface area (Å²) in [4.78, 5) is 0. The molecule has 3 aromatic rings. The summed E-state index contributed by atoms with van der Waals surface area (Å²) >= 11 is 1.89. The third-order valence-electron chi connectivity index (χ3n) is 3.63. The summed E-state index contributed by atoms with van der Waals surface area (Å²) in [5.74, 6) is 3.01. The van der Waals surface area contributed by atoms with Gasteiger partial charge in [0.25, 0.3) is 0 Å². The van der Waals surface area contributed by atoms with Crippen LogP contribution in [0.25, 0.3) is 0 Å². The summed E-state index contributed by atoms with van der Waals surface area (Å²) in [6, 6.07) is 23.6. The quantitative estimate of drug-likeness (QED) is 0.572. The Kier molecular flexibility index (Phi) is 5.38. The van der Waals surface area contributed by atoms with Crippen molar-refractivity contribution in [1.82, 2.24) is 0 Å². The number of hydrogen-bond acceptors (Lipinski definition) is 2. The third-order valence-corrected chi connectivity index (χ3v) is 4.66. The molecule has 0 atom stereocenters. The lowest BCUT2D eigenvalue weighted by Crippen LogP contribution is -1.92. The zero-order chi connectivity index (χ0) is 15.0. The maximum atomic E-state index is 5.36. The lowest BCUT2D eigenvalue weighted by Gasteiger charge is -2.06. The van der Waals surface area contributed by atoms with Crippen LogP contribution in [0.3, 0.4) is 0 Å². The van der Waals surface area contributed by atoms with Crippen molar-refractivity contribution in [2.24, 2.45) is 0 Å². The number of benzene rings is 2. The van der Waals surface area contributed by atoms with Crippen LogP contribution in [0.15, 0.2) is 77.4 Å². The highest BCUT2D eigenvalue weighted by Gasteiger charge is 2.00. The molecule has 0 fully saturated rings. The van der Waals surface area contributed by atoms with Gasteiger partial charge in [-0.3, -0.25) is 0 Å². The van der Waals surface area contributed by atoms with E-state index in [9.17, 15) is 0 Å². The van der Waals surface area contributed by atoms with E-state index in [0.29, 0.717) is 0 Å². The maximum Gasteiger partial charge on any atom is 0.113 e. The molecule has 0 radical (unpaired) electrons. The Bertz CT molecular complexity index is 674. The van der Waals surface area contributed by atoms with E-state index in [4.69, 9.17) is 4.42 Å². The molecule has 22 heavy (non-hydrogen) atoms. The van der Waals surface area contributed by atoms with Crippen molar-refractivity contribution in [3.63, 3.8) is 0 Å². The summed E-state index contributed by atoms with van der Waals surface area (Å²) in [7, 11) is 0. The lowest BCUT2D eigenvalue weighted by atomic mass is 10.0. The molecular weight excluding hydrogens is 288 g/mol. The SMILES string of the molecule is c1ccc(CCc2cccc(CSCc3ccco3)c2)cc1. The normalized spacial score (nSPS) is 10.7. The van der Waals surface area contributed by atoms with Crippen LogP contribution in [0.4, 0.5) is 0 Å². The summed E-state index contributed by atoms with van der Waals surface area (Å²) in [5.41, 5.74) is 4.21. The van der Waals surface area contributed by atoms with Gasteiger partial charge in [0.15, 0.2) is 0 Å². The summed E-state index contributed by atoms with van der Waals surface area (Å²) in [6.07, 6.45) is 3.94. The highest BCUT2D eigenvalue weighted by molar-refractivity contribution is 7.97. The van der Waals surface area contributed by atoms with Gasteiger partial charge in [0.1, 0.15) is 5.76 Å². The van der Waals surface area contributed by atoms with Gasteiger partial charge in [0.2, 0.25) is 0 Å². The summed E-state index contributed by atoms with van der Waals surface area (Å²) < 4.78 is 5.36. The van der Waals surface area contributed by atoms with Crippen LogP contribution < -0.4 is 0 Å². The van der Waals surface area contributed by atoms with Crippen LogP contribution in [0.1, 0.15) is 22.5 Å². The van der Waals surface area contributed by atoms with Crippen molar-refractivity contribution in [2.45, 2.75) is 24.3 Å². The minimum Gasteiger partial charge on any atom is -0.468 e. The smallest absolute Gasteiger partial charge is 0.113 e. The predicted octanol–water partition coefficient (Wildman–Crippen LogP) is 5.50. The van der Waals surface area contributed by atoms with Crippen molar-refractivity contribution in [3.05, 3.63) is 95.4 Å². The molecule has 0 N–H and O–H groups in total. The molecule has 0 unspecified atom stereocenters. The van der Waals surface area contributed by atoms with E-state index in [0.717, 1.165) is 30.1 Å². The molecular formula is C20H20OS. The number of furan rings is 1. The fourth-order valence-electron chi connectivity index (χ4n) is 2.47. The van der Waals surface area contributed by atoms with E-state index in [-0.39, 0.29) is 0 Å². The van der Waals surface area contributed by atoms with Gasteiger partial charge in [0.05, 0.1) is 12.0 Å². The van der Waals surface area contributed by atoms with E-state index < -0.39 is 0 Å². The van der Waals surface area contributed by atoms with Crippen LogP contribution in [0.2, 0.25) is 0 Å². The molecule has 2 heteroatoms. The molecule has 0 saturated heterocycles. The molecule has 0 aliphatic carbocycles. The molecule has 0 aliphatic rings. The first kappa shape index (κ1) is 15.0. The van der Waals surface area contributed by atoms with E-state index in [2.05, 4.69) is 54.6 Å². The lowest BCUT2D eigenvalue weighted by molar-refractivity contribution is 0.530. The van der Waals surface area contributed by atoms with E-state index in [1.807, 2.05) is 23.9 Å². The van der Waals surface area contributed by atoms with Gasteiger partial charge in [-0.25, -0.2) is 0 Å². The van der Waals surface area contributed by atoms with Gasteiger partial charge in [0, 0.05) is 5.75 Å². The highest BCUT2D eigenvalue weighted by atomic mass is 32.2. The number of rotatable bonds is 7. The zero-order valence-corrected chi connectivity index (χ0v) is 13.4. The number of hydrogen-bond donors (Lipinski definition) is 0. The van der Waals surface area contributed by atoms with Crippen molar-refractivity contribution in [3.8, 4) is 0 Å². The van der Waals surface area contributed by atoms with Crippen molar-refractivity contribution < 1.29 is 4.42 Å². The van der Waals surface area contributed by atoms with Gasteiger partial charge < -0.3 is 4.42 Å². The van der Waals surface area contributed by atoms with Crippen molar-refractivity contribution in [1.29, 1.82) is 0 Å². The van der Waals surface area contributed by atoms with Crippen LogP contribution in [-0.4, -0.2) is 0 Å². The molecule has 1 heterocycles. The van der Waals surface area contributed by atoms with Crippen molar-refractivity contribution >= 4 is 11.8 Å². The van der Waals surface area contributed by atoms with Crippen LogP contribution >= 0.6 is 11.8 Å². The third kappa shape index (κ3) is 4.54. The second kappa shape index (κ2) is 7.90. The maximum absolute atomic E-state index is 5.36. The molecule has 0 amide bonds. The Morgan fingerprint density at radius 1 is 0.682 bits per heavy atom. The Hall–Kier alpha value is -1.93. The number of aryl methyl sites for hydroxylation is 2. The second-order valence-corrected chi connectivity index (χ2v) is 6.36. The van der Waals surface area contributed by atoms with Gasteiger partial charge in [-0.05, 0) is 41.7 Å². The standard InChI is InChI=1S/C20H20OS/c1-2-6-17(7-3-1)11-12-18-8-4-9-19(14-18)15-22-16-20-10-5-13-21-20/h1-10,13-14H,11-12,15-16H2. The average molecular weight is 308 g/mol. The average Bonchev–Trinajstić information content (AvgIpc) is 3.08. The Labute approximate surface area is 136 Å². The van der Waals surface area contributed by atoms with Crippen LogP contribution in [-0.2, 0) is 24.3 Å². The Morgan fingerprint density at radius 3 is 2.27 bits per heavy atom. The molecule has 0 bridgehead atoms. The van der Waals surface area contributed by atoms with Crippen LogP contribution in [0, 0.1) is 0 Å². The van der Waals surface area contributed by atoms with Gasteiger partial charge in [-0.1, -0.05) is 54.6 Å². The summed E-state index contributed by atoms with van der Waals surface area (Å²) in [6.45, 7) is 0. The van der Waals surface area contributed by atoms with Crippen molar-refractivity contribution in [2.75, 3.05) is 0 Å². The minimum absolute atomic E-state index is 0.932. The minimum atomic E-state index is 0.932. The van der Waals surface area contributed by atoms with Gasteiger partial charge >= 0.3 is 0 Å². The van der Waals surface area contributed by atoms with E-state index in [1.54, 1.807) is 6.26 Å². The molecule has 3 rings (SSSR count). The van der Waals surface area contributed by atoms with Crippen LogP contribution in [0.5, 0.6) is 0 Å². The molecule has 0 spiro atoms. The molecule has 0 aliphatic heterocycles. The Balaban J connectivity index is 1.51. The predicted molar refractivity (Wildman–Crippen MR) is 94.0 cm³/mol. The largest absolute Gasteiger partial charge is 0.468 e. The zero-order valence-electron chi connectivity index (χ0n) is 12.6. The highest BCUT2D eigenvalue weighted by Crippen LogP contribution is 2.19. The van der Waals surface area contributed by atoms with E-state index >= 15 is 0 Å². The fourth-order valence-corrected chi connectivity index (χ4v) is 3.36. The second-order valence-electron chi connectivity index (χ2n) is 5.38. The van der Waals surface area contributed by atoms with Gasteiger partial charge in [-0.15, -0.1) is 11.8 Å². The Morgan fingerprint density at radius 2 is 1.45 bits per heavy atom. The first-order chi connectivity index (χ1) is 10.9. The molecule has 1 nitrogen and oxygen atoms in total. The molecule has 0 saturated carbocycles.